The molecule has 0 fully saturated rings. The molecular formula is C15H13N4O3. The van der Waals surface area contributed by atoms with Gasteiger partial charge in [-0.2, -0.15) is 4.52 Å². The van der Waals surface area contributed by atoms with Gasteiger partial charge in [-0.15, -0.1) is 5.10 Å². The monoisotopic (exact) mass is 297 g/mol. The Hall–Kier alpha value is -3.09. The quantitative estimate of drug-likeness (QED) is 0.784. The second-order valence-electron chi connectivity index (χ2n) is 4.52. The van der Waals surface area contributed by atoms with Gasteiger partial charge in [0.1, 0.15) is 5.75 Å². The van der Waals surface area contributed by atoms with Crippen molar-refractivity contribution in [2.75, 3.05) is 14.2 Å². The van der Waals surface area contributed by atoms with E-state index < -0.39 is 5.91 Å². The van der Waals surface area contributed by atoms with Gasteiger partial charge in [0.2, 0.25) is 18.1 Å². The molecule has 0 atom stereocenters. The third kappa shape index (κ3) is 2.12. The molecule has 1 amide bonds. The van der Waals surface area contributed by atoms with Crippen molar-refractivity contribution in [3.63, 3.8) is 0 Å². The van der Waals surface area contributed by atoms with Gasteiger partial charge >= 0.3 is 0 Å². The van der Waals surface area contributed by atoms with Crippen molar-refractivity contribution in [2.45, 2.75) is 0 Å². The van der Waals surface area contributed by atoms with Crippen LogP contribution in [0.25, 0.3) is 16.8 Å². The maximum atomic E-state index is 11.9. The van der Waals surface area contributed by atoms with Gasteiger partial charge in [-0.05, 0) is 17.7 Å². The molecule has 0 aliphatic heterocycles. The van der Waals surface area contributed by atoms with Crippen LogP contribution >= 0.6 is 0 Å². The Kier molecular flexibility index (Phi) is 3.38. The van der Waals surface area contributed by atoms with Crippen LogP contribution in [0.1, 0.15) is 10.4 Å². The Bertz CT molecular complexity index is 857. The van der Waals surface area contributed by atoms with Crippen LogP contribution < -0.4 is 15.2 Å². The minimum Gasteiger partial charge on any atom is -0.497 e. The molecule has 3 aromatic rings. The minimum atomic E-state index is -0.582. The first-order chi connectivity index (χ1) is 10.7. The summed E-state index contributed by atoms with van der Waals surface area (Å²) in [5.74, 6) is 0.427. The normalized spacial score (nSPS) is 10.6. The van der Waals surface area contributed by atoms with Crippen molar-refractivity contribution >= 4 is 11.6 Å². The number of carbonyl (C=O) groups excluding carboxylic acids is 1. The molecule has 3 rings (SSSR count). The number of methoxy groups -OCH3 is 2. The predicted octanol–water partition coefficient (Wildman–Crippen LogP) is 1.31. The number of pyridine rings is 1. The molecule has 22 heavy (non-hydrogen) atoms. The van der Waals surface area contributed by atoms with Crippen LogP contribution in [0.5, 0.6) is 11.6 Å². The minimum absolute atomic E-state index is 0.291. The largest absolute Gasteiger partial charge is 0.497 e. The maximum absolute atomic E-state index is 11.9. The Balaban J connectivity index is 2.38. The average Bonchev–Trinajstić information content (AvgIpc) is 3.02. The standard InChI is InChI=1S/C15H13N4O3/c1-21-10-5-3-4-9(6-10)13-11(14(16)20)7-12(22-2)19-15(13)17-8-18-19/h3-7H,1-2H3,(H2,16,20). The fourth-order valence-electron chi connectivity index (χ4n) is 2.30. The summed E-state index contributed by atoms with van der Waals surface area (Å²) in [6.07, 6.45) is 2.52. The summed E-state index contributed by atoms with van der Waals surface area (Å²) in [6.45, 7) is 0. The van der Waals surface area contributed by atoms with Gasteiger partial charge in [-0.25, -0.2) is 4.98 Å². The highest BCUT2D eigenvalue weighted by Crippen LogP contribution is 2.32. The molecule has 1 aromatic carbocycles. The third-order valence-corrected chi connectivity index (χ3v) is 3.30. The van der Waals surface area contributed by atoms with E-state index >= 15 is 0 Å². The molecule has 0 aliphatic carbocycles. The molecule has 7 nitrogen and oxygen atoms in total. The Morgan fingerprint density at radius 3 is 2.77 bits per heavy atom. The van der Waals surface area contributed by atoms with E-state index in [1.807, 2.05) is 18.2 Å². The molecule has 0 bridgehead atoms. The summed E-state index contributed by atoms with van der Waals surface area (Å²) in [4.78, 5) is 16.0. The van der Waals surface area contributed by atoms with Crippen LogP contribution in [0.15, 0.2) is 30.3 Å². The molecule has 0 saturated heterocycles. The number of carbonyl (C=O) groups is 1. The van der Waals surface area contributed by atoms with E-state index in [1.165, 1.54) is 17.7 Å². The van der Waals surface area contributed by atoms with Crippen LogP contribution in [0, 0.1) is 6.33 Å². The number of fused-ring (bicyclic) bond motifs is 1. The third-order valence-electron chi connectivity index (χ3n) is 3.30. The first-order valence-electron chi connectivity index (χ1n) is 6.43. The van der Waals surface area contributed by atoms with Crippen molar-refractivity contribution in [3.05, 3.63) is 42.2 Å². The molecule has 0 saturated carbocycles. The summed E-state index contributed by atoms with van der Waals surface area (Å²) in [5.41, 5.74) is 7.53. The smallest absolute Gasteiger partial charge is 0.249 e. The fourth-order valence-corrected chi connectivity index (χ4v) is 2.30. The lowest BCUT2D eigenvalue weighted by Crippen LogP contribution is -2.14. The van der Waals surface area contributed by atoms with Gasteiger partial charge in [0.05, 0.1) is 19.8 Å². The van der Waals surface area contributed by atoms with Crippen LogP contribution in [-0.4, -0.2) is 34.7 Å². The molecule has 0 aliphatic rings. The van der Waals surface area contributed by atoms with Crippen molar-refractivity contribution in [3.8, 4) is 22.8 Å². The number of benzene rings is 1. The van der Waals surface area contributed by atoms with Gasteiger partial charge in [0.25, 0.3) is 0 Å². The molecule has 0 unspecified atom stereocenters. The number of hydrogen-bond donors (Lipinski definition) is 1. The van der Waals surface area contributed by atoms with Gasteiger partial charge in [0.15, 0.2) is 5.65 Å². The SMILES string of the molecule is COc1cccc(-c2c(C(N)=O)cc(OC)n3n[c]nc23)c1. The topological polar surface area (TPSA) is 91.7 Å². The predicted molar refractivity (Wildman–Crippen MR) is 78.9 cm³/mol. The highest BCUT2D eigenvalue weighted by atomic mass is 16.5. The van der Waals surface area contributed by atoms with Gasteiger partial charge < -0.3 is 15.2 Å². The molecule has 111 valence electrons. The van der Waals surface area contributed by atoms with E-state index in [2.05, 4.69) is 16.4 Å². The van der Waals surface area contributed by atoms with Crippen LogP contribution in [0.2, 0.25) is 0 Å². The van der Waals surface area contributed by atoms with Crippen LogP contribution in [0.3, 0.4) is 0 Å². The van der Waals surface area contributed by atoms with Gasteiger partial charge in [-0.3, -0.25) is 4.79 Å². The summed E-state index contributed by atoms with van der Waals surface area (Å²) in [6, 6.07) is 8.80. The second-order valence-corrected chi connectivity index (χ2v) is 4.52. The van der Waals surface area contributed by atoms with Crippen molar-refractivity contribution in [1.82, 2.24) is 14.6 Å². The highest BCUT2D eigenvalue weighted by Gasteiger charge is 2.20. The summed E-state index contributed by atoms with van der Waals surface area (Å²) < 4.78 is 11.9. The Morgan fingerprint density at radius 1 is 1.27 bits per heavy atom. The molecular weight excluding hydrogens is 284 g/mol. The van der Waals surface area contributed by atoms with E-state index in [4.69, 9.17) is 15.2 Å². The molecule has 2 N–H and O–H groups in total. The molecule has 7 heteroatoms. The lowest BCUT2D eigenvalue weighted by Gasteiger charge is -2.12. The van der Waals surface area contributed by atoms with Crippen LogP contribution in [0.4, 0.5) is 0 Å². The van der Waals surface area contributed by atoms with Gasteiger partial charge in [-0.1, -0.05) is 12.1 Å². The number of hydrogen-bond acceptors (Lipinski definition) is 5. The molecule has 0 spiro atoms. The Morgan fingerprint density at radius 2 is 2.09 bits per heavy atom. The van der Waals surface area contributed by atoms with Gasteiger partial charge in [0, 0.05) is 11.6 Å². The first kappa shape index (κ1) is 13.9. The number of amides is 1. The number of rotatable bonds is 4. The van der Waals surface area contributed by atoms with Crippen molar-refractivity contribution < 1.29 is 14.3 Å². The molecule has 1 radical (unpaired) electrons. The molecule has 2 aromatic heterocycles. The first-order valence-corrected chi connectivity index (χ1v) is 6.43. The lowest BCUT2D eigenvalue weighted by atomic mass is 10.0. The Labute approximate surface area is 126 Å². The van der Waals surface area contributed by atoms with Crippen molar-refractivity contribution in [2.24, 2.45) is 5.73 Å². The lowest BCUT2D eigenvalue weighted by molar-refractivity contribution is 0.100. The zero-order valence-corrected chi connectivity index (χ0v) is 12.0. The zero-order chi connectivity index (χ0) is 15.7. The number of primary amides is 1. The van der Waals surface area contributed by atoms with E-state index in [0.29, 0.717) is 28.4 Å². The summed E-state index contributed by atoms with van der Waals surface area (Å²) >= 11 is 0. The fraction of sp³-hybridized carbons (Fsp3) is 0.133. The number of nitrogens with two attached hydrogens (primary N) is 1. The maximum Gasteiger partial charge on any atom is 0.249 e. The van der Waals surface area contributed by atoms with E-state index in [0.717, 1.165) is 5.56 Å². The van der Waals surface area contributed by atoms with Crippen molar-refractivity contribution in [1.29, 1.82) is 0 Å². The zero-order valence-electron chi connectivity index (χ0n) is 12.0. The number of ether oxygens (including phenoxy) is 2. The number of nitrogens with zero attached hydrogens (tertiary/aromatic N) is 3. The van der Waals surface area contributed by atoms with E-state index in [-0.39, 0.29) is 0 Å². The van der Waals surface area contributed by atoms with E-state index in [9.17, 15) is 4.79 Å². The summed E-state index contributed by atoms with van der Waals surface area (Å²) in [5, 5.41) is 3.99. The highest BCUT2D eigenvalue weighted by molar-refractivity contribution is 6.03. The average molecular weight is 297 g/mol. The molecule has 2 heterocycles. The second kappa shape index (κ2) is 5.36. The van der Waals surface area contributed by atoms with E-state index in [1.54, 1.807) is 13.2 Å². The summed E-state index contributed by atoms with van der Waals surface area (Å²) in [7, 11) is 3.05. The van der Waals surface area contributed by atoms with Crippen LogP contribution in [-0.2, 0) is 0 Å². The number of aromatic nitrogens is 3.